The van der Waals surface area contributed by atoms with Crippen LogP contribution in [0.1, 0.15) is 6.42 Å². The predicted octanol–water partition coefficient (Wildman–Crippen LogP) is 0.290. The Labute approximate surface area is 99.9 Å². The molecule has 0 aliphatic heterocycles. The van der Waals surface area contributed by atoms with Crippen molar-refractivity contribution in [3.05, 3.63) is 12.7 Å². The van der Waals surface area contributed by atoms with Crippen molar-refractivity contribution in [2.24, 2.45) is 0 Å². The van der Waals surface area contributed by atoms with E-state index < -0.39 is 20.0 Å². The first-order valence-corrected chi connectivity index (χ1v) is 6.50. The summed E-state index contributed by atoms with van der Waals surface area (Å²) in [5, 5.41) is 16.2. The van der Waals surface area contributed by atoms with E-state index in [9.17, 15) is 14.2 Å². The third-order valence-electron chi connectivity index (χ3n) is 1.12. The molecular weight excluding hydrogens is 251 g/mol. The van der Waals surface area contributed by atoms with E-state index in [4.69, 9.17) is 10.2 Å². The largest absolute Gasteiger partial charge is 0.481 e. The molecule has 0 rings (SSSR count). The van der Waals surface area contributed by atoms with E-state index in [-0.39, 0.29) is 26.2 Å². The normalized spacial score (nSPS) is 10.7. The van der Waals surface area contributed by atoms with E-state index in [0.29, 0.717) is 0 Å². The van der Waals surface area contributed by atoms with E-state index in [1.807, 2.05) is 0 Å². The van der Waals surface area contributed by atoms with Gasteiger partial charge in [-0.3, -0.25) is 9.36 Å². The number of carboxylic acid groups (broad SMARTS) is 1. The van der Waals surface area contributed by atoms with Crippen LogP contribution in [0.15, 0.2) is 12.7 Å². The van der Waals surface area contributed by atoms with E-state index in [0.717, 1.165) is 6.08 Å². The summed E-state index contributed by atoms with van der Waals surface area (Å²) >= 11 is 0. The number of aliphatic hydroxyl groups is 1. The van der Waals surface area contributed by atoms with Crippen LogP contribution in [0.4, 0.5) is 0 Å². The zero-order valence-corrected chi connectivity index (χ0v) is 10.5. The van der Waals surface area contributed by atoms with Crippen LogP contribution in [0, 0.1) is 0 Å². The molecule has 0 spiro atoms. The number of aliphatic hydroxyl groups excluding tert-OH is 1. The molecule has 0 bridgehead atoms. The topological polar surface area (TPSA) is 110 Å². The van der Waals surface area contributed by atoms with Gasteiger partial charge >= 0.3 is 11.9 Å². The highest BCUT2D eigenvalue weighted by Crippen LogP contribution is 2.14. The lowest BCUT2D eigenvalue weighted by molar-refractivity contribution is -0.139. The second-order valence-corrected chi connectivity index (χ2v) is 3.85. The minimum atomic E-state index is -1.94. The molecule has 0 aromatic carbocycles. The number of esters is 1. The lowest BCUT2D eigenvalue weighted by Gasteiger charge is -1.94. The van der Waals surface area contributed by atoms with Gasteiger partial charge in [0, 0.05) is 12.7 Å². The summed E-state index contributed by atoms with van der Waals surface area (Å²) in [6, 6.07) is 0. The molecule has 7 nitrogen and oxygen atoms in total. The first kappa shape index (κ1) is 18.2. The Hall–Kier alpha value is -1.17. The Morgan fingerprint density at radius 1 is 1.41 bits per heavy atom. The van der Waals surface area contributed by atoms with Crippen molar-refractivity contribution in [1.29, 1.82) is 0 Å². The Balaban J connectivity index is 0. The lowest BCUT2D eigenvalue weighted by atomic mass is 10.5. The Kier molecular flexibility index (Phi) is 13.8. The number of rotatable bonds is 7. The Bertz CT molecular complexity index is 250. The molecule has 0 saturated heterocycles. The molecule has 0 heterocycles. The molecule has 0 saturated carbocycles. The minimum Gasteiger partial charge on any atom is -0.481 e. The molecule has 0 aliphatic rings. The molecule has 17 heavy (non-hydrogen) atoms. The number of carbonyl (C=O) groups is 2. The van der Waals surface area contributed by atoms with Crippen molar-refractivity contribution in [3.63, 3.8) is 0 Å². The second kappa shape index (κ2) is 12.9. The van der Waals surface area contributed by atoms with Gasteiger partial charge in [-0.15, -0.1) is 0 Å². The molecule has 0 fully saturated rings. The smallest absolute Gasteiger partial charge is 0.330 e. The van der Waals surface area contributed by atoms with Gasteiger partial charge in [0.25, 0.3) is 0 Å². The number of carboxylic acids is 1. The van der Waals surface area contributed by atoms with Crippen molar-refractivity contribution in [3.8, 4) is 0 Å². The average molecular weight is 268 g/mol. The summed E-state index contributed by atoms with van der Waals surface area (Å²) in [6.45, 7) is 4.53. The molecule has 1 atom stereocenters. The van der Waals surface area contributed by atoms with Gasteiger partial charge in [-0.1, -0.05) is 6.58 Å². The highest BCUT2D eigenvalue weighted by Gasteiger charge is 1.96. The summed E-state index contributed by atoms with van der Waals surface area (Å²) in [6.07, 6.45) is 0.972. The van der Waals surface area contributed by atoms with E-state index in [2.05, 4.69) is 15.8 Å². The van der Waals surface area contributed by atoms with Crippen LogP contribution >= 0.6 is 8.03 Å². The lowest BCUT2D eigenvalue weighted by Crippen LogP contribution is -2.04. The average Bonchev–Trinajstić information content (AvgIpc) is 2.25. The molecule has 0 amide bonds. The fraction of sp³-hybridized carbons (Fsp3) is 0.556. The standard InChI is InChI=1S/C5H8O3.C4H9O4P/c1-2-5(7)8-4-3-6;1-9(7)8-3-2-4(5)6/h2,6H,1,3-4H2;9H,2-3H2,1H3,(H,5,6). The van der Waals surface area contributed by atoms with Crippen LogP contribution in [-0.4, -0.2) is 48.6 Å². The van der Waals surface area contributed by atoms with Crippen LogP contribution in [-0.2, 0) is 23.4 Å². The number of aliphatic carboxylic acids is 1. The summed E-state index contributed by atoms with van der Waals surface area (Å²) in [5.74, 6) is -1.43. The molecule has 0 aliphatic carbocycles. The van der Waals surface area contributed by atoms with Gasteiger partial charge in [0.15, 0.2) is 8.03 Å². The zero-order valence-electron chi connectivity index (χ0n) is 9.55. The maximum absolute atomic E-state index is 10.2. The Morgan fingerprint density at radius 3 is 2.35 bits per heavy atom. The summed E-state index contributed by atoms with van der Waals surface area (Å²) in [4.78, 5) is 19.9. The van der Waals surface area contributed by atoms with Gasteiger partial charge in [0.1, 0.15) is 6.61 Å². The van der Waals surface area contributed by atoms with Crippen LogP contribution in [0.3, 0.4) is 0 Å². The van der Waals surface area contributed by atoms with Gasteiger partial charge in [-0.25, -0.2) is 4.79 Å². The molecule has 0 radical (unpaired) electrons. The van der Waals surface area contributed by atoms with Crippen molar-refractivity contribution >= 4 is 20.0 Å². The van der Waals surface area contributed by atoms with E-state index in [1.165, 1.54) is 6.66 Å². The maximum atomic E-state index is 10.2. The van der Waals surface area contributed by atoms with Gasteiger partial charge in [0.05, 0.1) is 19.6 Å². The molecule has 100 valence electrons. The quantitative estimate of drug-likeness (QED) is 0.388. The molecule has 0 aromatic rings. The van der Waals surface area contributed by atoms with Gasteiger partial charge < -0.3 is 19.5 Å². The highest BCUT2D eigenvalue weighted by atomic mass is 31.1. The summed E-state index contributed by atoms with van der Waals surface area (Å²) in [7, 11) is -1.94. The molecule has 1 unspecified atom stereocenters. The molecule has 0 aromatic heterocycles. The van der Waals surface area contributed by atoms with Gasteiger partial charge in [-0.2, -0.15) is 0 Å². The minimum absolute atomic E-state index is 0.0453. The first-order valence-electron chi connectivity index (χ1n) is 4.69. The van der Waals surface area contributed by atoms with Gasteiger partial charge in [-0.05, 0) is 0 Å². The molecule has 2 N–H and O–H groups in total. The van der Waals surface area contributed by atoms with Gasteiger partial charge in [0.2, 0.25) is 0 Å². The monoisotopic (exact) mass is 268 g/mol. The van der Waals surface area contributed by atoms with E-state index in [1.54, 1.807) is 0 Å². The maximum Gasteiger partial charge on any atom is 0.330 e. The second-order valence-electron chi connectivity index (χ2n) is 2.58. The number of hydrogen-bond acceptors (Lipinski definition) is 6. The van der Waals surface area contributed by atoms with Crippen molar-refractivity contribution in [2.45, 2.75) is 6.42 Å². The number of carbonyl (C=O) groups excluding carboxylic acids is 1. The zero-order chi connectivity index (χ0) is 13.7. The predicted molar refractivity (Wildman–Crippen MR) is 61.4 cm³/mol. The molecule has 8 heteroatoms. The summed E-state index contributed by atoms with van der Waals surface area (Å²) in [5.41, 5.74) is 0. The number of hydrogen-bond donors (Lipinski definition) is 2. The van der Waals surface area contributed by atoms with Crippen LogP contribution < -0.4 is 0 Å². The van der Waals surface area contributed by atoms with Crippen molar-refractivity contribution < 1.29 is 33.6 Å². The van der Waals surface area contributed by atoms with Crippen LogP contribution in [0.2, 0.25) is 0 Å². The van der Waals surface area contributed by atoms with Crippen molar-refractivity contribution in [2.75, 3.05) is 26.5 Å². The highest BCUT2D eigenvalue weighted by molar-refractivity contribution is 7.38. The van der Waals surface area contributed by atoms with Crippen LogP contribution in [0.25, 0.3) is 0 Å². The number of ether oxygens (including phenoxy) is 1. The van der Waals surface area contributed by atoms with E-state index >= 15 is 0 Å². The van der Waals surface area contributed by atoms with Crippen LogP contribution in [0.5, 0.6) is 0 Å². The fourth-order valence-corrected chi connectivity index (χ4v) is 0.877. The van der Waals surface area contributed by atoms with Crippen molar-refractivity contribution in [1.82, 2.24) is 0 Å². The third-order valence-corrected chi connectivity index (χ3v) is 1.73. The fourth-order valence-electron chi connectivity index (χ4n) is 0.487. The SMILES string of the molecule is C=CC(=O)OCCO.C[PH](=O)OCCC(=O)O. The third kappa shape index (κ3) is 20.8. The first-order chi connectivity index (χ1) is 7.93. The Morgan fingerprint density at radius 2 is 2.00 bits per heavy atom. The summed E-state index contributed by atoms with van der Waals surface area (Å²) < 4.78 is 19.0. The molecular formula is C9H17O7P.